The summed E-state index contributed by atoms with van der Waals surface area (Å²) in [5, 5.41) is 7.01. The van der Waals surface area contributed by atoms with Gasteiger partial charge in [-0.15, -0.1) is 0 Å². The lowest BCUT2D eigenvalue weighted by atomic mass is 10.2. The fraction of sp³-hybridized carbons (Fsp3) is 0.400. The first-order valence-electron chi connectivity index (χ1n) is 4.94. The van der Waals surface area contributed by atoms with E-state index in [0.29, 0.717) is 23.5 Å². The summed E-state index contributed by atoms with van der Waals surface area (Å²) in [6, 6.07) is 2.10. The van der Waals surface area contributed by atoms with E-state index in [9.17, 15) is 0 Å². The number of hydrogen-bond donors (Lipinski definition) is 1. The van der Waals surface area contributed by atoms with Crippen LogP contribution in [0.2, 0.25) is 0 Å². The van der Waals surface area contributed by atoms with Crippen LogP contribution < -0.4 is 5.32 Å². The number of likely N-dealkylation sites (N-methyl/N-ethyl adjacent to an activating group) is 1. The zero-order valence-corrected chi connectivity index (χ0v) is 10.6. The Balaban J connectivity index is 2.17. The van der Waals surface area contributed by atoms with Gasteiger partial charge in [0.25, 0.3) is 5.89 Å². The molecule has 6 heteroatoms. The van der Waals surface area contributed by atoms with Crippen molar-refractivity contribution in [1.82, 2.24) is 15.5 Å². The second kappa shape index (κ2) is 4.80. The SMILES string of the molecule is CNC(C)Cc1noc(-c2occc2Br)n1. The van der Waals surface area contributed by atoms with E-state index < -0.39 is 0 Å². The van der Waals surface area contributed by atoms with Gasteiger partial charge in [-0.3, -0.25) is 0 Å². The first kappa shape index (κ1) is 11.3. The molecule has 2 rings (SSSR count). The minimum atomic E-state index is 0.311. The van der Waals surface area contributed by atoms with Gasteiger partial charge in [-0.05, 0) is 36.0 Å². The number of hydrogen-bond acceptors (Lipinski definition) is 5. The maximum atomic E-state index is 5.24. The van der Waals surface area contributed by atoms with Gasteiger partial charge in [0.15, 0.2) is 5.82 Å². The van der Waals surface area contributed by atoms with Crippen LogP contribution in [-0.4, -0.2) is 23.2 Å². The van der Waals surface area contributed by atoms with Crippen LogP contribution in [0.25, 0.3) is 11.7 Å². The fourth-order valence-corrected chi connectivity index (χ4v) is 1.62. The van der Waals surface area contributed by atoms with Crippen molar-refractivity contribution in [1.29, 1.82) is 0 Å². The summed E-state index contributed by atoms with van der Waals surface area (Å²) in [4.78, 5) is 4.26. The Labute approximate surface area is 101 Å². The molecule has 0 radical (unpaired) electrons. The van der Waals surface area contributed by atoms with Crippen molar-refractivity contribution in [3.8, 4) is 11.7 Å². The van der Waals surface area contributed by atoms with Gasteiger partial charge >= 0.3 is 0 Å². The molecule has 0 aliphatic rings. The average Bonchev–Trinajstić information content (AvgIpc) is 2.86. The number of nitrogens with one attached hydrogen (secondary N) is 1. The lowest BCUT2D eigenvalue weighted by molar-refractivity contribution is 0.405. The third-order valence-electron chi connectivity index (χ3n) is 2.26. The van der Waals surface area contributed by atoms with Crippen molar-refractivity contribution in [2.45, 2.75) is 19.4 Å². The van der Waals surface area contributed by atoms with Gasteiger partial charge in [-0.25, -0.2) is 0 Å². The lowest BCUT2D eigenvalue weighted by Crippen LogP contribution is -2.24. The number of nitrogens with zero attached hydrogens (tertiary/aromatic N) is 2. The highest BCUT2D eigenvalue weighted by Crippen LogP contribution is 2.27. The molecule has 0 aromatic carbocycles. The van der Waals surface area contributed by atoms with Crippen LogP contribution in [0.5, 0.6) is 0 Å². The third-order valence-corrected chi connectivity index (χ3v) is 2.89. The summed E-state index contributed by atoms with van der Waals surface area (Å²) < 4.78 is 11.2. The molecule has 2 aromatic heterocycles. The van der Waals surface area contributed by atoms with Crippen molar-refractivity contribution < 1.29 is 8.94 Å². The van der Waals surface area contributed by atoms with Gasteiger partial charge in [0.2, 0.25) is 5.76 Å². The van der Waals surface area contributed by atoms with Crippen LogP contribution in [0.3, 0.4) is 0 Å². The van der Waals surface area contributed by atoms with Crippen molar-refractivity contribution in [2.24, 2.45) is 0 Å². The molecular formula is C10H12BrN3O2. The van der Waals surface area contributed by atoms with Crippen LogP contribution in [0.4, 0.5) is 0 Å². The number of furan rings is 1. The molecule has 0 fully saturated rings. The normalized spacial score (nSPS) is 12.9. The molecule has 2 aromatic rings. The second-order valence-electron chi connectivity index (χ2n) is 3.51. The Morgan fingerprint density at radius 3 is 3.00 bits per heavy atom. The molecule has 2 heterocycles. The summed E-state index contributed by atoms with van der Waals surface area (Å²) in [6.07, 6.45) is 2.29. The molecule has 0 aliphatic heterocycles. The smallest absolute Gasteiger partial charge is 0.294 e. The van der Waals surface area contributed by atoms with Crippen molar-refractivity contribution in [3.63, 3.8) is 0 Å². The molecule has 86 valence electrons. The van der Waals surface area contributed by atoms with E-state index in [2.05, 4.69) is 38.3 Å². The maximum Gasteiger partial charge on any atom is 0.294 e. The Hall–Kier alpha value is -1.14. The van der Waals surface area contributed by atoms with Gasteiger partial charge in [0.05, 0.1) is 10.7 Å². The molecule has 0 saturated heterocycles. The lowest BCUT2D eigenvalue weighted by Gasteiger charge is -2.04. The minimum absolute atomic E-state index is 0.311. The van der Waals surface area contributed by atoms with Gasteiger partial charge in [0, 0.05) is 12.5 Å². The molecule has 0 amide bonds. The molecule has 0 spiro atoms. The Morgan fingerprint density at radius 1 is 1.56 bits per heavy atom. The highest BCUT2D eigenvalue weighted by atomic mass is 79.9. The maximum absolute atomic E-state index is 5.24. The van der Waals surface area contributed by atoms with Crippen LogP contribution in [-0.2, 0) is 6.42 Å². The highest BCUT2D eigenvalue weighted by Gasteiger charge is 2.15. The predicted molar refractivity (Wildman–Crippen MR) is 61.9 cm³/mol. The van der Waals surface area contributed by atoms with Gasteiger partial charge in [-0.2, -0.15) is 4.98 Å². The van der Waals surface area contributed by atoms with Crippen LogP contribution >= 0.6 is 15.9 Å². The molecule has 1 atom stereocenters. The van der Waals surface area contributed by atoms with E-state index in [4.69, 9.17) is 8.94 Å². The van der Waals surface area contributed by atoms with E-state index in [1.165, 1.54) is 0 Å². The zero-order chi connectivity index (χ0) is 11.5. The Bertz CT molecular complexity index is 466. The third kappa shape index (κ3) is 2.33. The average molecular weight is 286 g/mol. The van der Waals surface area contributed by atoms with E-state index in [-0.39, 0.29) is 0 Å². The van der Waals surface area contributed by atoms with Gasteiger partial charge in [-0.1, -0.05) is 5.16 Å². The zero-order valence-electron chi connectivity index (χ0n) is 9.03. The van der Waals surface area contributed by atoms with E-state index in [1.807, 2.05) is 7.05 Å². The largest absolute Gasteiger partial charge is 0.458 e. The molecule has 1 unspecified atom stereocenters. The van der Waals surface area contributed by atoms with Crippen LogP contribution in [0.1, 0.15) is 12.7 Å². The summed E-state index contributed by atoms with van der Waals surface area (Å²) in [5.74, 6) is 1.63. The van der Waals surface area contributed by atoms with Crippen molar-refractivity contribution in [3.05, 3.63) is 22.6 Å². The first-order chi connectivity index (χ1) is 7.70. The topological polar surface area (TPSA) is 64.1 Å². The van der Waals surface area contributed by atoms with Crippen molar-refractivity contribution >= 4 is 15.9 Å². The van der Waals surface area contributed by atoms with Crippen molar-refractivity contribution in [2.75, 3.05) is 7.05 Å². The Morgan fingerprint density at radius 2 is 2.38 bits per heavy atom. The van der Waals surface area contributed by atoms with Gasteiger partial charge in [0.1, 0.15) is 0 Å². The van der Waals surface area contributed by atoms with E-state index in [0.717, 1.165) is 10.9 Å². The molecule has 1 N–H and O–H groups in total. The summed E-state index contributed by atoms with van der Waals surface area (Å²) in [7, 11) is 1.90. The van der Waals surface area contributed by atoms with E-state index in [1.54, 1.807) is 12.3 Å². The number of halogens is 1. The minimum Gasteiger partial charge on any atom is -0.458 e. The van der Waals surface area contributed by atoms with Crippen LogP contribution in [0, 0.1) is 0 Å². The first-order valence-corrected chi connectivity index (χ1v) is 5.73. The monoisotopic (exact) mass is 285 g/mol. The quantitative estimate of drug-likeness (QED) is 0.933. The number of rotatable bonds is 4. The molecule has 5 nitrogen and oxygen atoms in total. The molecule has 16 heavy (non-hydrogen) atoms. The summed E-state index contributed by atoms with van der Waals surface area (Å²) in [6.45, 7) is 2.05. The standard InChI is InChI=1S/C10H12BrN3O2/c1-6(12-2)5-8-13-10(16-14-8)9-7(11)3-4-15-9/h3-4,6,12H,5H2,1-2H3. The summed E-state index contributed by atoms with van der Waals surface area (Å²) in [5.41, 5.74) is 0. The Kier molecular flexibility index (Phi) is 3.40. The predicted octanol–water partition coefficient (Wildman–Crippen LogP) is 2.24. The molecule has 0 aliphatic carbocycles. The molecular weight excluding hydrogens is 274 g/mol. The van der Waals surface area contributed by atoms with Gasteiger partial charge < -0.3 is 14.3 Å². The highest BCUT2D eigenvalue weighted by molar-refractivity contribution is 9.10. The molecule has 0 saturated carbocycles. The summed E-state index contributed by atoms with van der Waals surface area (Å²) >= 11 is 3.34. The fourth-order valence-electron chi connectivity index (χ4n) is 1.25. The van der Waals surface area contributed by atoms with E-state index >= 15 is 0 Å². The van der Waals surface area contributed by atoms with Crippen LogP contribution in [0.15, 0.2) is 25.7 Å². The second-order valence-corrected chi connectivity index (χ2v) is 4.36. The number of aromatic nitrogens is 2. The molecule has 0 bridgehead atoms.